The Labute approximate surface area is 126 Å². The second-order valence-corrected chi connectivity index (χ2v) is 4.68. The molecule has 1 amide bonds. The molecule has 0 saturated carbocycles. The fraction of sp³-hybridized carbons (Fsp3) is 0.462. The van der Waals surface area contributed by atoms with Crippen molar-refractivity contribution in [2.45, 2.75) is 25.9 Å². The van der Waals surface area contributed by atoms with Crippen molar-refractivity contribution in [2.24, 2.45) is 0 Å². The molecule has 1 aliphatic rings. The Balaban J connectivity index is 2.24. The number of pyridine rings is 1. The van der Waals surface area contributed by atoms with Crippen LogP contribution >= 0.6 is 0 Å². The van der Waals surface area contributed by atoms with Gasteiger partial charge >= 0.3 is 11.8 Å². The molecule has 2 rings (SSSR count). The SMILES string of the molecule is COC(=O)CCCN1C(=O)C(C)Oc2ccc([N+](=O)[O-])nc21. The molecule has 2 heterocycles. The van der Waals surface area contributed by atoms with E-state index in [9.17, 15) is 19.7 Å². The first-order valence-electron chi connectivity index (χ1n) is 6.64. The number of carbonyl (C=O) groups is 2. The minimum absolute atomic E-state index is 0.0992. The van der Waals surface area contributed by atoms with Crippen LogP contribution in [0.1, 0.15) is 19.8 Å². The van der Waals surface area contributed by atoms with E-state index in [0.717, 1.165) is 0 Å². The second kappa shape index (κ2) is 6.37. The molecular weight excluding hydrogens is 294 g/mol. The number of fused-ring (bicyclic) bond motifs is 1. The summed E-state index contributed by atoms with van der Waals surface area (Å²) in [4.78, 5) is 38.7. The Hall–Kier alpha value is -2.71. The molecule has 1 aromatic rings. The third-order valence-electron chi connectivity index (χ3n) is 3.18. The third-order valence-corrected chi connectivity index (χ3v) is 3.18. The second-order valence-electron chi connectivity index (χ2n) is 4.68. The van der Waals surface area contributed by atoms with Gasteiger partial charge in [-0.15, -0.1) is 0 Å². The molecule has 1 unspecified atom stereocenters. The van der Waals surface area contributed by atoms with Crippen LogP contribution in [0.4, 0.5) is 11.6 Å². The summed E-state index contributed by atoms with van der Waals surface area (Å²) in [6.45, 7) is 1.78. The predicted molar refractivity (Wildman–Crippen MR) is 74.6 cm³/mol. The highest BCUT2D eigenvalue weighted by molar-refractivity contribution is 5.98. The molecular formula is C13H15N3O6. The molecule has 0 spiro atoms. The topological polar surface area (TPSA) is 112 Å². The van der Waals surface area contributed by atoms with Crippen LogP contribution in [0.5, 0.6) is 5.75 Å². The molecule has 22 heavy (non-hydrogen) atoms. The quantitative estimate of drug-likeness (QED) is 0.454. The van der Waals surface area contributed by atoms with Crippen molar-refractivity contribution < 1.29 is 24.0 Å². The Morgan fingerprint density at radius 3 is 2.91 bits per heavy atom. The highest BCUT2D eigenvalue weighted by atomic mass is 16.6. The van der Waals surface area contributed by atoms with E-state index in [2.05, 4.69) is 9.72 Å². The van der Waals surface area contributed by atoms with Gasteiger partial charge in [-0.25, -0.2) is 0 Å². The molecule has 118 valence electrons. The van der Waals surface area contributed by atoms with E-state index >= 15 is 0 Å². The number of esters is 1. The van der Waals surface area contributed by atoms with Crippen LogP contribution in [0.15, 0.2) is 12.1 Å². The number of methoxy groups -OCH3 is 1. The van der Waals surface area contributed by atoms with Crippen molar-refractivity contribution in [1.29, 1.82) is 0 Å². The summed E-state index contributed by atoms with van der Waals surface area (Å²) >= 11 is 0. The maximum atomic E-state index is 12.2. The van der Waals surface area contributed by atoms with Crippen LogP contribution < -0.4 is 9.64 Å². The molecule has 9 nitrogen and oxygen atoms in total. The van der Waals surface area contributed by atoms with Crippen molar-refractivity contribution in [1.82, 2.24) is 4.98 Å². The maximum absolute atomic E-state index is 12.2. The molecule has 1 atom stereocenters. The first kappa shape index (κ1) is 15.7. The van der Waals surface area contributed by atoms with Crippen molar-refractivity contribution in [3.8, 4) is 5.75 Å². The van der Waals surface area contributed by atoms with Crippen molar-refractivity contribution in [3.05, 3.63) is 22.2 Å². The minimum Gasteiger partial charge on any atom is -0.475 e. The zero-order chi connectivity index (χ0) is 16.3. The van der Waals surface area contributed by atoms with E-state index in [4.69, 9.17) is 4.74 Å². The molecule has 0 bridgehead atoms. The van der Waals surface area contributed by atoms with Crippen LogP contribution in [0.25, 0.3) is 0 Å². The van der Waals surface area contributed by atoms with E-state index in [1.165, 1.54) is 24.1 Å². The third kappa shape index (κ3) is 3.13. The molecule has 0 N–H and O–H groups in total. The summed E-state index contributed by atoms with van der Waals surface area (Å²) in [5.74, 6) is -0.716. The Bertz CT molecular complexity index is 618. The Kier molecular flexibility index (Phi) is 4.54. The monoisotopic (exact) mass is 309 g/mol. The van der Waals surface area contributed by atoms with E-state index in [1.54, 1.807) is 6.92 Å². The van der Waals surface area contributed by atoms with Gasteiger partial charge in [-0.2, -0.15) is 0 Å². The largest absolute Gasteiger partial charge is 0.475 e. The number of rotatable bonds is 5. The molecule has 0 saturated heterocycles. The number of carbonyl (C=O) groups excluding carboxylic acids is 2. The lowest BCUT2D eigenvalue weighted by Gasteiger charge is -2.29. The molecule has 0 aliphatic carbocycles. The summed E-state index contributed by atoms with van der Waals surface area (Å²) in [7, 11) is 1.28. The molecule has 1 aliphatic heterocycles. The van der Waals surface area contributed by atoms with Gasteiger partial charge in [-0.05, 0) is 29.3 Å². The molecule has 0 aromatic carbocycles. The average Bonchev–Trinajstić information content (AvgIpc) is 2.50. The van der Waals surface area contributed by atoms with E-state index in [0.29, 0.717) is 12.2 Å². The zero-order valence-corrected chi connectivity index (χ0v) is 12.1. The van der Waals surface area contributed by atoms with Crippen molar-refractivity contribution in [3.63, 3.8) is 0 Å². The highest BCUT2D eigenvalue weighted by Crippen LogP contribution is 2.34. The van der Waals surface area contributed by atoms with Gasteiger partial charge in [0, 0.05) is 19.0 Å². The van der Waals surface area contributed by atoms with Crippen LogP contribution in [0, 0.1) is 10.1 Å². The molecule has 9 heteroatoms. The number of anilines is 1. The number of hydrogen-bond acceptors (Lipinski definition) is 7. The normalized spacial score (nSPS) is 16.7. The summed E-state index contributed by atoms with van der Waals surface area (Å²) in [6.07, 6.45) is -0.219. The first-order valence-corrected chi connectivity index (χ1v) is 6.64. The maximum Gasteiger partial charge on any atom is 0.366 e. The predicted octanol–water partition coefficient (Wildman–Crippen LogP) is 1.06. The van der Waals surface area contributed by atoms with Crippen LogP contribution in [0.2, 0.25) is 0 Å². The van der Waals surface area contributed by atoms with Crippen LogP contribution in [-0.4, -0.2) is 41.5 Å². The number of ether oxygens (including phenoxy) is 2. The first-order chi connectivity index (χ1) is 10.4. The smallest absolute Gasteiger partial charge is 0.366 e. The number of nitro groups is 1. The summed E-state index contributed by atoms with van der Waals surface area (Å²) in [5.41, 5.74) is 0. The van der Waals surface area contributed by atoms with Crippen LogP contribution in [-0.2, 0) is 14.3 Å². The van der Waals surface area contributed by atoms with Crippen LogP contribution in [0.3, 0.4) is 0 Å². The molecule has 1 aromatic heterocycles. The zero-order valence-electron chi connectivity index (χ0n) is 12.1. The molecule has 0 fully saturated rings. The average molecular weight is 309 g/mol. The van der Waals surface area contributed by atoms with Crippen molar-refractivity contribution >= 4 is 23.5 Å². The number of aromatic nitrogens is 1. The highest BCUT2D eigenvalue weighted by Gasteiger charge is 2.36. The lowest BCUT2D eigenvalue weighted by atomic mass is 10.2. The Morgan fingerprint density at radius 2 is 2.27 bits per heavy atom. The number of hydrogen-bond donors (Lipinski definition) is 0. The number of amides is 1. The van der Waals surface area contributed by atoms with E-state index in [1.807, 2.05) is 0 Å². The van der Waals surface area contributed by atoms with E-state index in [-0.39, 0.29) is 36.5 Å². The van der Waals surface area contributed by atoms with Gasteiger partial charge in [-0.3, -0.25) is 14.5 Å². The van der Waals surface area contributed by atoms with Gasteiger partial charge < -0.3 is 19.6 Å². The van der Waals surface area contributed by atoms with Gasteiger partial charge in [0.2, 0.25) is 0 Å². The summed E-state index contributed by atoms with van der Waals surface area (Å²) in [5, 5.41) is 10.8. The standard InChI is InChI=1S/C13H15N3O6/c1-8-13(18)15(7-3-4-11(17)21-2)12-9(22-8)5-6-10(14-12)16(19)20/h5-6,8H,3-4,7H2,1-2H3. The number of nitrogens with zero attached hydrogens (tertiary/aromatic N) is 3. The lowest BCUT2D eigenvalue weighted by Crippen LogP contribution is -2.45. The van der Waals surface area contributed by atoms with Gasteiger partial charge in [0.15, 0.2) is 11.9 Å². The van der Waals surface area contributed by atoms with Gasteiger partial charge in [0.05, 0.1) is 7.11 Å². The summed E-state index contributed by atoms with van der Waals surface area (Å²) < 4.78 is 9.93. The fourth-order valence-electron chi connectivity index (χ4n) is 2.08. The molecule has 0 radical (unpaired) electrons. The summed E-state index contributed by atoms with van der Waals surface area (Å²) in [6, 6.07) is 2.63. The fourth-order valence-corrected chi connectivity index (χ4v) is 2.08. The van der Waals surface area contributed by atoms with Gasteiger partial charge in [0.1, 0.15) is 0 Å². The minimum atomic E-state index is -0.714. The van der Waals surface area contributed by atoms with Gasteiger partial charge in [-0.1, -0.05) is 0 Å². The van der Waals surface area contributed by atoms with Crippen molar-refractivity contribution in [2.75, 3.05) is 18.6 Å². The lowest BCUT2D eigenvalue weighted by molar-refractivity contribution is -0.389. The Morgan fingerprint density at radius 1 is 1.55 bits per heavy atom. The van der Waals surface area contributed by atoms with E-state index < -0.39 is 11.0 Å². The van der Waals surface area contributed by atoms with Gasteiger partial charge in [0.25, 0.3) is 11.7 Å².